The number of piperidine rings is 1. The van der Waals surface area contributed by atoms with Crippen molar-refractivity contribution in [2.75, 3.05) is 18.4 Å². The van der Waals surface area contributed by atoms with Crippen LogP contribution >= 0.6 is 0 Å². The number of hydrogen-bond donors (Lipinski definition) is 1. The maximum Gasteiger partial charge on any atom is 0.323 e. The molecular formula is C19H28N6O. The van der Waals surface area contributed by atoms with E-state index in [1.807, 2.05) is 35.2 Å². The van der Waals surface area contributed by atoms with Crippen LogP contribution in [0, 0.1) is 12.8 Å². The van der Waals surface area contributed by atoms with Crippen molar-refractivity contribution in [3.8, 4) is 0 Å². The van der Waals surface area contributed by atoms with Crippen molar-refractivity contribution in [3.63, 3.8) is 0 Å². The molecule has 1 atom stereocenters. The Kier molecular flexibility index (Phi) is 4.95. The second-order valence-electron chi connectivity index (χ2n) is 7.70. The lowest BCUT2D eigenvalue weighted by Crippen LogP contribution is -2.43. The predicted octanol–water partition coefficient (Wildman–Crippen LogP) is 3.45. The minimum absolute atomic E-state index is 0.00294. The summed E-state index contributed by atoms with van der Waals surface area (Å²) in [6.45, 7) is 4.55. The molecule has 1 N–H and O–H groups in total. The van der Waals surface area contributed by atoms with Gasteiger partial charge in [-0.1, -0.05) is 12.8 Å². The SMILES string of the molecule is Cc1cnn(C2CCCC2)c1NC(=O)N1CCCC(Cn2ccnc2)C1. The Morgan fingerprint density at radius 2 is 2.12 bits per heavy atom. The summed E-state index contributed by atoms with van der Waals surface area (Å²) in [6, 6.07) is 0.428. The molecule has 7 heteroatoms. The molecule has 2 aliphatic rings. The van der Waals surface area contributed by atoms with Crippen molar-refractivity contribution >= 4 is 11.8 Å². The number of aromatic nitrogens is 4. The van der Waals surface area contributed by atoms with Crippen LogP contribution in [0.15, 0.2) is 24.9 Å². The summed E-state index contributed by atoms with van der Waals surface area (Å²) in [6.07, 6.45) is 14.5. The van der Waals surface area contributed by atoms with Crippen LogP contribution in [0.3, 0.4) is 0 Å². The minimum Gasteiger partial charge on any atom is -0.337 e. The highest BCUT2D eigenvalue weighted by Crippen LogP contribution is 2.32. The largest absolute Gasteiger partial charge is 0.337 e. The van der Waals surface area contributed by atoms with E-state index in [1.54, 1.807) is 6.20 Å². The van der Waals surface area contributed by atoms with Crippen LogP contribution in [0.25, 0.3) is 0 Å². The van der Waals surface area contributed by atoms with Gasteiger partial charge in [0.2, 0.25) is 0 Å². The zero-order valence-corrected chi connectivity index (χ0v) is 15.5. The maximum atomic E-state index is 12.9. The molecule has 1 saturated carbocycles. The topological polar surface area (TPSA) is 68.0 Å². The van der Waals surface area contributed by atoms with Gasteiger partial charge in [-0.15, -0.1) is 0 Å². The lowest BCUT2D eigenvalue weighted by molar-refractivity contribution is 0.170. The molecule has 2 aromatic rings. The first kappa shape index (κ1) is 17.1. The Hall–Kier alpha value is -2.31. The van der Waals surface area contributed by atoms with Gasteiger partial charge in [0, 0.05) is 37.6 Å². The van der Waals surface area contributed by atoms with Crippen LogP contribution in [-0.2, 0) is 6.54 Å². The summed E-state index contributed by atoms with van der Waals surface area (Å²) in [7, 11) is 0. The van der Waals surface area contributed by atoms with Crippen molar-refractivity contribution in [3.05, 3.63) is 30.5 Å². The molecule has 2 aromatic heterocycles. The van der Waals surface area contributed by atoms with Gasteiger partial charge in [-0.25, -0.2) is 14.5 Å². The van der Waals surface area contributed by atoms with Gasteiger partial charge in [-0.3, -0.25) is 5.32 Å². The first-order valence-corrected chi connectivity index (χ1v) is 9.76. The Morgan fingerprint density at radius 3 is 2.88 bits per heavy atom. The average molecular weight is 356 g/mol. The van der Waals surface area contributed by atoms with Crippen molar-refractivity contribution in [2.24, 2.45) is 5.92 Å². The molecule has 140 valence electrons. The third-order valence-corrected chi connectivity index (χ3v) is 5.71. The van der Waals surface area contributed by atoms with E-state index in [4.69, 9.17) is 0 Å². The highest BCUT2D eigenvalue weighted by Gasteiger charge is 2.27. The van der Waals surface area contributed by atoms with Gasteiger partial charge in [0.1, 0.15) is 5.82 Å². The second kappa shape index (κ2) is 7.51. The summed E-state index contributed by atoms with van der Waals surface area (Å²) in [4.78, 5) is 19.0. The highest BCUT2D eigenvalue weighted by molar-refractivity contribution is 5.89. The molecule has 0 bridgehead atoms. The smallest absolute Gasteiger partial charge is 0.323 e. The van der Waals surface area contributed by atoms with Crippen molar-refractivity contribution in [2.45, 2.75) is 58.0 Å². The molecule has 4 rings (SSSR count). The third-order valence-electron chi connectivity index (χ3n) is 5.71. The first-order valence-electron chi connectivity index (χ1n) is 9.76. The average Bonchev–Trinajstić information content (AvgIpc) is 3.39. The first-order chi connectivity index (χ1) is 12.7. The van der Waals surface area contributed by atoms with E-state index in [0.717, 1.165) is 56.7 Å². The summed E-state index contributed by atoms with van der Waals surface area (Å²) >= 11 is 0. The Labute approximate surface area is 154 Å². The number of likely N-dealkylation sites (tertiary alicyclic amines) is 1. The van der Waals surface area contributed by atoms with Gasteiger partial charge >= 0.3 is 6.03 Å². The predicted molar refractivity (Wildman–Crippen MR) is 100 cm³/mol. The van der Waals surface area contributed by atoms with E-state index in [-0.39, 0.29) is 6.03 Å². The van der Waals surface area contributed by atoms with E-state index in [2.05, 4.69) is 20.0 Å². The Morgan fingerprint density at radius 1 is 1.27 bits per heavy atom. The molecule has 1 aliphatic heterocycles. The minimum atomic E-state index is 0.00294. The molecule has 2 fully saturated rings. The van der Waals surface area contributed by atoms with E-state index >= 15 is 0 Å². The van der Waals surface area contributed by atoms with Crippen LogP contribution in [0.2, 0.25) is 0 Å². The molecule has 0 spiro atoms. The lowest BCUT2D eigenvalue weighted by atomic mass is 9.98. The zero-order valence-electron chi connectivity index (χ0n) is 15.5. The molecule has 0 aromatic carbocycles. The van der Waals surface area contributed by atoms with Crippen LogP contribution in [0.4, 0.5) is 10.6 Å². The molecule has 26 heavy (non-hydrogen) atoms. The van der Waals surface area contributed by atoms with Crippen LogP contribution in [0.1, 0.15) is 50.1 Å². The summed E-state index contributed by atoms with van der Waals surface area (Å²) in [5.74, 6) is 1.35. The number of urea groups is 1. The fraction of sp³-hybridized carbons (Fsp3) is 0.632. The Balaban J connectivity index is 1.41. The van der Waals surface area contributed by atoms with E-state index < -0.39 is 0 Å². The number of rotatable bonds is 4. The fourth-order valence-electron chi connectivity index (χ4n) is 4.30. The molecular weight excluding hydrogens is 328 g/mol. The Bertz CT molecular complexity index is 731. The second-order valence-corrected chi connectivity index (χ2v) is 7.70. The van der Waals surface area contributed by atoms with Crippen LogP contribution in [0.5, 0.6) is 0 Å². The number of carbonyl (C=O) groups excluding carboxylic acids is 1. The van der Waals surface area contributed by atoms with E-state index in [1.165, 1.54) is 12.8 Å². The van der Waals surface area contributed by atoms with Gasteiger partial charge in [-0.2, -0.15) is 5.10 Å². The van der Waals surface area contributed by atoms with Crippen molar-refractivity contribution in [1.82, 2.24) is 24.2 Å². The number of imidazole rings is 1. The molecule has 3 heterocycles. The zero-order chi connectivity index (χ0) is 17.9. The maximum absolute atomic E-state index is 12.9. The summed E-state index contributed by atoms with van der Waals surface area (Å²) in [5.41, 5.74) is 1.04. The summed E-state index contributed by atoms with van der Waals surface area (Å²) < 4.78 is 4.14. The number of nitrogens with zero attached hydrogens (tertiary/aromatic N) is 5. The number of nitrogens with one attached hydrogen (secondary N) is 1. The number of amides is 2. The molecule has 7 nitrogen and oxygen atoms in total. The standard InChI is InChI=1S/C19H28N6O/c1-15-11-21-25(17-6-2-3-7-17)18(15)22-19(26)24-9-4-5-16(13-24)12-23-10-8-20-14-23/h8,10-11,14,16-17H,2-7,9,12-13H2,1H3,(H,22,26). The van der Waals surface area contributed by atoms with Crippen molar-refractivity contribution in [1.29, 1.82) is 0 Å². The molecule has 1 aliphatic carbocycles. The van der Waals surface area contributed by atoms with Gasteiger partial charge in [0.05, 0.1) is 18.6 Å². The van der Waals surface area contributed by atoms with Gasteiger partial charge in [-0.05, 0) is 38.5 Å². The fourth-order valence-corrected chi connectivity index (χ4v) is 4.30. The monoisotopic (exact) mass is 356 g/mol. The highest BCUT2D eigenvalue weighted by atomic mass is 16.2. The molecule has 1 saturated heterocycles. The van der Waals surface area contributed by atoms with Crippen LogP contribution < -0.4 is 5.32 Å². The van der Waals surface area contributed by atoms with E-state index in [0.29, 0.717) is 12.0 Å². The molecule has 2 amide bonds. The van der Waals surface area contributed by atoms with Gasteiger partial charge in [0.15, 0.2) is 0 Å². The lowest BCUT2D eigenvalue weighted by Gasteiger charge is -2.33. The third kappa shape index (κ3) is 3.61. The molecule has 1 unspecified atom stereocenters. The number of hydrogen-bond acceptors (Lipinski definition) is 3. The summed E-state index contributed by atoms with van der Waals surface area (Å²) in [5, 5.41) is 7.69. The number of anilines is 1. The molecule has 0 radical (unpaired) electrons. The van der Waals surface area contributed by atoms with Gasteiger partial charge in [0.25, 0.3) is 0 Å². The van der Waals surface area contributed by atoms with Gasteiger partial charge < -0.3 is 9.47 Å². The van der Waals surface area contributed by atoms with Crippen LogP contribution in [-0.4, -0.2) is 43.4 Å². The number of carbonyl (C=O) groups is 1. The normalized spacial score (nSPS) is 21.3. The number of aryl methyl sites for hydroxylation is 1. The van der Waals surface area contributed by atoms with Crippen molar-refractivity contribution < 1.29 is 4.79 Å². The quantitative estimate of drug-likeness (QED) is 0.912. The van der Waals surface area contributed by atoms with E-state index in [9.17, 15) is 4.79 Å².